The van der Waals surface area contributed by atoms with Gasteiger partial charge in [0.2, 0.25) is 10.0 Å². The molecule has 1 aliphatic heterocycles. The highest BCUT2D eigenvalue weighted by Crippen LogP contribution is 2.35. The van der Waals surface area contributed by atoms with Crippen LogP contribution in [0.4, 0.5) is 5.82 Å². The number of fused-ring (bicyclic) bond motifs is 2. The number of benzene rings is 2. The summed E-state index contributed by atoms with van der Waals surface area (Å²) in [6.07, 6.45) is 7.11. The number of hydrogen-bond acceptors (Lipinski definition) is 7. The summed E-state index contributed by atoms with van der Waals surface area (Å²) in [5.74, 6) is -0.155. The minimum Gasteiger partial charge on any atom is -0.362 e. The maximum atomic E-state index is 13.9. The maximum Gasteiger partial charge on any atom is 0.270 e. The van der Waals surface area contributed by atoms with E-state index < -0.39 is 15.9 Å². The molecular formula is C29H30N6O4S. The molecule has 10 nitrogen and oxygen atoms in total. The number of aryl methyl sites for hydroxylation is 1. The van der Waals surface area contributed by atoms with Crippen molar-refractivity contribution in [2.24, 2.45) is 0 Å². The number of sulfonamides is 1. The average Bonchev–Trinajstić information content (AvgIpc) is 3.57. The van der Waals surface area contributed by atoms with Crippen molar-refractivity contribution in [2.75, 3.05) is 24.7 Å². The number of likely N-dealkylation sites (tertiary alicyclic amines) is 1. The Balaban J connectivity index is 1.34. The summed E-state index contributed by atoms with van der Waals surface area (Å²) in [7, 11) is -3.78. The van der Waals surface area contributed by atoms with Crippen LogP contribution < -0.4 is 10.0 Å². The molecule has 0 bridgehead atoms. The number of nitrogens with one attached hydrogen (secondary N) is 2. The van der Waals surface area contributed by atoms with Gasteiger partial charge in [0, 0.05) is 19.3 Å². The Morgan fingerprint density at radius 2 is 1.65 bits per heavy atom. The Bertz CT molecular complexity index is 1690. The second-order valence-electron chi connectivity index (χ2n) is 10.4. The summed E-state index contributed by atoms with van der Waals surface area (Å²) in [6, 6.07) is 18.5. The van der Waals surface area contributed by atoms with Crippen LogP contribution >= 0.6 is 0 Å². The lowest BCUT2D eigenvalue weighted by molar-refractivity contribution is 0.0712. The van der Waals surface area contributed by atoms with E-state index in [1.54, 1.807) is 0 Å². The molecule has 1 saturated heterocycles. The van der Waals surface area contributed by atoms with Crippen molar-refractivity contribution in [1.82, 2.24) is 24.2 Å². The number of amides is 2. The normalized spacial score (nSPS) is 17.5. The molecule has 206 valence electrons. The van der Waals surface area contributed by atoms with Crippen LogP contribution in [0.15, 0.2) is 67.0 Å². The van der Waals surface area contributed by atoms with Crippen LogP contribution in [0.25, 0.3) is 5.65 Å². The van der Waals surface area contributed by atoms with Crippen LogP contribution in [0, 0.1) is 0 Å². The van der Waals surface area contributed by atoms with Gasteiger partial charge in [-0.15, -0.1) is 0 Å². The zero-order valence-electron chi connectivity index (χ0n) is 22.1. The average molecular weight is 559 g/mol. The van der Waals surface area contributed by atoms with Crippen molar-refractivity contribution in [3.63, 3.8) is 0 Å². The first-order valence-electron chi connectivity index (χ1n) is 13.4. The summed E-state index contributed by atoms with van der Waals surface area (Å²) in [5, 5.41) is 7.90. The zero-order valence-corrected chi connectivity index (χ0v) is 22.9. The molecule has 1 unspecified atom stereocenters. The minimum atomic E-state index is -3.78. The Labute approximate surface area is 232 Å². The highest BCUT2D eigenvalue weighted by Gasteiger charge is 2.31. The molecule has 0 spiro atoms. The van der Waals surface area contributed by atoms with E-state index in [1.807, 2.05) is 40.0 Å². The van der Waals surface area contributed by atoms with Gasteiger partial charge in [-0.1, -0.05) is 54.6 Å². The summed E-state index contributed by atoms with van der Waals surface area (Å²) in [6.45, 7) is 1.23. The fraction of sp³-hybridized carbons (Fsp3) is 0.310. The molecule has 1 aliphatic carbocycles. The summed E-state index contributed by atoms with van der Waals surface area (Å²) < 4.78 is 26.8. The third kappa shape index (κ3) is 5.04. The molecule has 2 aromatic heterocycles. The lowest BCUT2D eigenvalue weighted by Crippen LogP contribution is -2.38. The van der Waals surface area contributed by atoms with E-state index in [9.17, 15) is 18.0 Å². The van der Waals surface area contributed by atoms with Crippen LogP contribution in [-0.4, -0.2) is 59.1 Å². The largest absolute Gasteiger partial charge is 0.362 e. The van der Waals surface area contributed by atoms with Gasteiger partial charge in [-0.3, -0.25) is 9.59 Å². The van der Waals surface area contributed by atoms with E-state index in [0.29, 0.717) is 30.4 Å². The van der Waals surface area contributed by atoms with Gasteiger partial charge < -0.3 is 10.2 Å². The van der Waals surface area contributed by atoms with Gasteiger partial charge >= 0.3 is 0 Å². The molecule has 2 aliphatic rings. The first kappa shape index (κ1) is 26.0. The van der Waals surface area contributed by atoms with Gasteiger partial charge in [-0.25, -0.2) is 18.1 Å². The molecule has 0 saturated carbocycles. The van der Waals surface area contributed by atoms with E-state index in [1.165, 1.54) is 28.0 Å². The number of nitrogens with zero attached hydrogens (tertiary/aromatic N) is 4. The van der Waals surface area contributed by atoms with Gasteiger partial charge in [0.05, 0.1) is 18.5 Å². The number of carbonyl (C=O) groups is 2. The molecule has 1 fully saturated rings. The minimum absolute atomic E-state index is 0.00275. The van der Waals surface area contributed by atoms with E-state index >= 15 is 0 Å². The highest BCUT2D eigenvalue weighted by molar-refractivity contribution is 7.89. The van der Waals surface area contributed by atoms with Crippen molar-refractivity contribution in [3.05, 3.63) is 94.8 Å². The van der Waals surface area contributed by atoms with Crippen molar-refractivity contribution in [2.45, 2.75) is 37.6 Å². The number of aromatic nitrogens is 3. The predicted molar refractivity (Wildman–Crippen MR) is 151 cm³/mol. The third-order valence-corrected chi connectivity index (χ3v) is 8.33. The first-order valence-corrected chi connectivity index (χ1v) is 15.2. The number of carbonyl (C=O) groups excluding carboxylic acids is 2. The molecule has 6 rings (SSSR count). The van der Waals surface area contributed by atoms with Crippen LogP contribution in [-0.2, 0) is 16.4 Å². The molecule has 0 radical (unpaired) electrons. The van der Waals surface area contributed by atoms with E-state index in [4.69, 9.17) is 0 Å². The van der Waals surface area contributed by atoms with Gasteiger partial charge in [0.25, 0.3) is 11.8 Å². The Morgan fingerprint density at radius 1 is 0.925 bits per heavy atom. The second-order valence-corrected chi connectivity index (χ2v) is 12.2. The lowest BCUT2D eigenvalue weighted by atomic mass is 9.89. The monoisotopic (exact) mass is 558 g/mol. The molecule has 1 atom stereocenters. The van der Waals surface area contributed by atoms with Gasteiger partial charge in [0.15, 0.2) is 5.65 Å². The molecule has 2 N–H and O–H groups in total. The number of hydrogen-bond donors (Lipinski definition) is 2. The van der Waals surface area contributed by atoms with Crippen molar-refractivity contribution in [3.8, 4) is 0 Å². The Morgan fingerprint density at radius 3 is 2.40 bits per heavy atom. The molecule has 4 aromatic rings. The first-order chi connectivity index (χ1) is 19.3. The third-order valence-electron chi connectivity index (χ3n) is 7.78. The summed E-state index contributed by atoms with van der Waals surface area (Å²) >= 11 is 0. The number of anilines is 1. The SMILES string of the molecule is CS(=O)(=O)NC(=O)c1cnn2c(NC3CCc4ccccc43)c(C(=O)N3CCC(c4ccccc4)CC3)cnc12. The number of rotatable bonds is 6. The van der Waals surface area contributed by atoms with Crippen LogP contribution in [0.2, 0.25) is 0 Å². The van der Waals surface area contributed by atoms with Gasteiger partial charge in [-0.2, -0.15) is 9.61 Å². The quantitative estimate of drug-likeness (QED) is 0.371. The lowest BCUT2D eigenvalue weighted by Gasteiger charge is -2.33. The van der Waals surface area contributed by atoms with Crippen molar-refractivity contribution < 1.29 is 18.0 Å². The highest BCUT2D eigenvalue weighted by atomic mass is 32.2. The summed E-state index contributed by atoms with van der Waals surface area (Å²) in [5.41, 5.74) is 4.20. The van der Waals surface area contributed by atoms with E-state index in [0.717, 1.165) is 37.5 Å². The Hall–Kier alpha value is -4.25. The van der Waals surface area contributed by atoms with Gasteiger partial charge in [0.1, 0.15) is 16.9 Å². The maximum absolute atomic E-state index is 13.9. The number of piperidine rings is 1. The topological polar surface area (TPSA) is 126 Å². The molecule has 40 heavy (non-hydrogen) atoms. The fourth-order valence-electron chi connectivity index (χ4n) is 5.79. The van der Waals surface area contributed by atoms with Crippen molar-refractivity contribution >= 4 is 33.3 Å². The van der Waals surface area contributed by atoms with Crippen LogP contribution in [0.3, 0.4) is 0 Å². The van der Waals surface area contributed by atoms with E-state index in [-0.39, 0.29) is 23.2 Å². The molecule has 11 heteroatoms. The standard InChI is InChI=1S/C29H30N6O4S/c1-40(38,39)33-28(36)23-18-31-35-26(23)30-17-24(27(35)32-25-12-11-21-9-5-6-10-22(21)25)29(37)34-15-13-20(14-16-34)19-7-3-2-4-8-19/h2-10,17-18,20,25,32H,11-16H2,1H3,(H,33,36). The molecule has 2 aromatic carbocycles. The van der Waals surface area contributed by atoms with Crippen LogP contribution in [0.1, 0.15) is 68.6 Å². The van der Waals surface area contributed by atoms with E-state index in [2.05, 4.69) is 39.7 Å². The van der Waals surface area contributed by atoms with Gasteiger partial charge in [-0.05, 0) is 48.3 Å². The summed E-state index contributed by atoms with van der Waals surface area (Å²) in [4.78, 5) is 32.8. The molecule has 2 amide bonds. The fourth-order valence-corrected chi connectivity index (χ4v) is 6.24. The molecular weight excluding hydrogens is 528 g/mol. The van der Waals surface area contributed by atoms with Crippen molar-refractivity contribution in [1.29, 1.82) is 0 Å². The second kappa shape index (κ2) is 10.4. The predicted octanol–water partition coefficient (Wildman–Crippen LogP) is 3.54. The zero-order chi connectivity index (χ0) is 27.9. The Kier molecular flexibility index (Phi) is 6.75. The molecule has 3 heterocycles. The smallest absolute Gasteiger partial charge is 0.270 e. The van der Waals surface area contributed by atoms with Crippen LogP contribution in [0.5, 0.6) is 0 Å².